The van der Waals surface area contributed by atoms with Crippen LogP contribution in [0, 0.1) is 0 Å². The molecule has 1 heterocycles. The van der Waals surface area contributed by atoms with Crippen molar-refractivity contribution in [3.8, 4) is 0 Å². The first-order valence-electron chi connectivity index (χ1n) is 3.93. The van der Waals surface area contributed by atoms with Crippen molar-refractivity contribution in [3.05, 3.63) is 21.9 Å². The van der Waals surface area contributed by atoms with Gasteiger partial charge in [0, 0.05) is 4.88 Å². The Hall–Kier alpha value is -0.300. The van der Waals surface area contributed by atoms with Gasteiger partial charge in [-0.15, -0.1) is 11.3 Å². The first kappa shape index (κ1) is 7.80. The molecule has 0 atom stereocenters. The molecule has 0 aromatic carbocycles. The van der Waals surface area contributed by atoms with Gasteiger partial charge in [0.2, 0.25) is 0 Å². The highest BCUT2D eigenvalue weighted by atomic mass is 32.1. The summed E-state index contributed by atoms with van der Waals surface area (Å²) in [4.78, 5) is 1.57. The van der Waals surface area contributed by atoms with Crippen LogP contribution in [0.1, 0.15) is 30.7 Å². The van der Waals surface area contributed by atoms with E-state index in [9.17, 15) is 0 Å². The second kappa shape index (κ2) is 3.77. The van der Waals surface area contributed by atoms with Crippen molar-refractivity contribution in [3.63, 3.8) is 0 Å². The second-order valence-corrected chi connectivity index (χ2v) is 3.47. The van der Waals surface area contributed by atoms with Crippen LogP contribution in [0.4, 0.5) is 0 Å². The third-order valence-electron chi connectivity index (χ3n) is 1.68. The maximum absolute atomic E-state index is 2.26. The average molecular weight is 154 g/mol. The molecule has 0 spiro atoms. The molecule has 10 heavy (non-hydrogen) atoms. The van der Waals surface area contributed by atoms with Gasteiger partial charge in [0.1, 0.15) is 0 Å². The zero-order valence-electron chi connectivity index (χ0n) is 6.68. The van der Waals surface area contributed by atoms with E-state index in [1.54, 1.807) is 10.4 Å². The first-order valence-corrected chi connectivity index (χ1v) is 4.81. The molecule has 0 unspecified atom stereocenters. The van der Waals surface area contributed by atoms with Gasteiger partial charge in [-0.25, -0.2) is 0 Å². The summed E-state index contributed by atoms with van der Waals surface area (Å²) in [6, 6.07) is 2.26. The molecule has 0 aliphatic carbocycles. The lowest BCUT2D eigenvalue weighted by molar-refractivity contribution is 0.910. The summed E-state index contributed by atoms with van der Waals surface area (Å²) in [6.45, 7) is 4.46. The lowest BCUT2D eigenvalue weighted by Gasteiger charge is -1.96. The summed E-state index contributed by atoms with van der Waals surface area (Å²) in [6.07, 6.45) is 3.73. The van der Waals surface area contributed by atoms with E-state index in [0.717, 1.165) is 0 Å². The Labute approximate surface area is 66.9 Å². The molecule has 1 rings (SSSR count). The van der Waals surface area contributed by atoms with Crippen LogP contribution < -0.4 is 0 Å². The Morgan fingerprint density at radius 1 is 1.40 bits per heavy atom. The predicted octanol–water partition coefficient (Wildman–Crippen LogP) is 3.26. The summed E-state index contributed by atoms with van der Waals surface area (Å²) < 4.78 is 0. The Balaban J connectivity index is 2.70. The monoisotopic (exact) mass is 154 g/mol. The van der Waals surface area contributed by atoms with Crippen molar-refractivity contribution >= 4 is 11.3 Å². The number of hydrogen-bond acceptors (Lipinski definition) is 1. The van der Waals surface area contributed by atoms with Crippen LogP contribution in [0.15, 0.2) is 11.4 Å². The minimum atomic E-state index is 1.20. The molecule has 0 nitrogen and oxygen atoms in total. The number of aryl methyl sites for hydroxylation is 2. The highest BCUT2D eigenvalue weighted by Gasteiger charge is 1.98. The molecule has 1 heteroatoms. The number of hydrogen-bond donors (Lipinski definition) is 0. The van der Waals surface area contributed by atoms with E-state index in [2.05, 4.69) is 25.3 Å². The van der Waals surface area contributed by atoms with Crippen molar-refractivity contribution in [2.75, 3.05) is 0 Å². The minimum Gasteiger partial charge on any atom is -0.149 e. The lowest BCUT2D eigenvalue weighted by Crippen LogP contribution is -1.83. The van der Waals surface area contributed by atoms with Crippen LogP contribution in [0.3, 0.4) is 0 Å². The third-order valence-corrected chi connectivity index (χ3v) is 2.79. The van der Waals surface area contributed by atoms with E-state index in [1.807, 2.05) is 11.3 Å². The maximum atomic E-state index is 2.26. The largest absolute Gasteiger partial charge is 0.149 e. The van der Waals surface area contributed by atoms with Gasteiger partial charge in [0.25, 0.3) is 0 Å². The van der Waals surface area contributed by atoms with E-state index >= 15 is 0 Å². The van der Waals surface area contributed by atoms with E-state index in [0.29, 0.717) is 0 Å². The molecule has 0 fully saturated rings. The molecule has 0 bridgehead atoms. The SMILES string of the molecule is CCCc1ccsc1CC. The van der Waals surface area contributed by atoms with Crippen molar-refractivity contribution in [1.82, 2.24) is 0 Å². The summed E-state index contributed by atoms with van der Waals surface area (Å²) in [5, 5.41) is 2.20. The van der Waals surface area contributed by atoms with Crippen molar-refractivity contribution in [2.45, 2.75) is 33.1 Å². The van der Waals surface area contributed by atoms with Gasteiger partial charge in [-0.2, -0.15) is 0 Å². The lowest BCUT2D eigenvalue weighted by atomic mass is 10.1. The summed E-state index contributed by atoms with van der Waals surface area (Å²) in [7, 11) is 0. The molecule has 0 radical (unpaired) electrons. The maximum Gasteiger partial charge on any atom is 0.00744 e. The van der Waals surface area contributed by atoms with Crippen LogP contribution in [0.5, 0.6) is 0 Å². The van der Waals surface area contributed by atoms with E-state index in [-0.39, 0.29) is 0 Å². The van der Waals surface area contributed by atoms with Crippen LogP contribution in [0.2, 0.25) is 0 Å². The molecule has 0 aliphatic rings. The Morgan fingerprint density at radius 2 is 2.20 bits per heavy atom. The number of thiophene rings is 1. The van der Waals surface area contributed by atoms with Gasteiger partial charge in [-0.05, 0) is 29.9 Å². The number of rotatable bonds is 3. The summed E-state index contributed by atoms with van der Waals surface area (Å²) in [5.41, 5.74) is 1.56. The molecule has 0 amide bonds. The molecule has 1 aromatic heterocycles. The molecule has 0 saturated heterocycles. The van der Waals surface area contributed by atoms with E-state index in [1.165, 1.54) is 19.3 Å². The fourth-order valence-corrected chi connectivity index (χ4v) is 2.05. The highest BCUT2D eigenvalue weighted by molar-refractivity contribution is 7.10. The molecule has 56 valence electrons. The van der Waals surface area contributed by atoms with E-state index < -0.39 is 0 Å². The summed E-state index contributed by atoms with van der Waals surface area (Å²) >= 11 is 1.89. The summed E-state index contributed by atoms with van der Waals surface area (Å²) in [5.74, 6) is 0. The predicted molar refractivity (Wildman–Crippen MR) is 47.7 cm³/mol. The normalized spacial score (nSPS) is 10.2. The minimum absolute atomic E-state index is 1.20. The molecular formula is C9H14S. The zero-order valence-corrected chi connectivity index (χ0v) is 7.50. The standard InChI is InChI=1S/C9H14S/c1-3-5-8-6-7-10-9(8)4-2/h6-7H,3-5H2,1-2H3. The molecule has 0 N–H and O–H groups in total. The van der Waals surface area contributed by atoms with E-state index in [4.69, 9.17) is 0 Å². The Kier molecular flexibility index (Phi) is 2.94. The molecule has 1 aromatic rings. The van der Waals surface area contributed by atoms with Gasteiger partial charge in [0.05, 0.1) is 0 Å². The van der Waals surface area contributed by atoms with Crippen LogP contribution in [-0.2, 0) is 12.8 Å². The van der Waals surface area contributed by atoms with Crippen molar-refractivity contribution in [1.29, 1.82) is 0 Å². The van der Waals surface area contributed by atoms with Gasteiger partial charge in [-0.1, -0.05) is 20.3 Å². The van der Waals surface area contributed by atoms with Crippen LogP contribution in [-0.4, -0.2) is 0 Å². The van der Waals surface area contributed by atoms with Gasteiger partial charge in [-0.3, -0.25) is 0 Å². The smallest absolute Gasteiger partial charge is 0.00744 e. The van der Waals surface area contributed by atoms with Gasteiger partial charge in [0.15, 0.2) is 0 Å². The van der Waals surface area contributed by atoms with Crippen molar-refractivity contribution < 1.29 is 0 Å². The fourth-order valence-electron chi connectivity index (χ4n) is 1.17. The first-order chi connectivity index (χ1) is 4.88. The van der Waals surface area contributed by atoms with Crippen LogP contribution >= 0.6 is 11.3 Å². The molecule has 0 aliphatic heterocycles. The molecule has 0 saturated carbocycles. The highest BCUT2D eigenvalue weighted by Crippen LogP contribution is 2.18. The van der Waals surface area contributed by atoms with Crippen molar-refractivity contribution in [2.24, 2.45) is 0 Å². The van der Waals surface area contributed by atoms with Crippen LogP contribution in [0.25, 0.3) is 0 Å². The van der Waals surface area contributed by atoms with Gasteiger partial charge < -0.3 is 0 Å². The quantitative estimate of drug-likeness (QED) is 0.627. The Bertz CT molecular complexity index is 188. The fraction of sp³-hybridized carbons (Fsp3) is 0.556. The zero-order chi connectivity index (χ0) is 7.40. The topological polar surface area (TPSA) is 0 Å². The Morgan fingerprint density at radius 3 is 2.80 bits per heavy atom. The second-order valence-electron chi connectivity index (χ2n) is 2.47. The third kappa shape index (κ3) is 1.60. The average Bonchev–Trinajstić information content (AvgIpc) is 2.36. The van der Waals surface area contributed by atoms with Gasteiger partial charge >= 0.3 is 0 Å². The molecular weight excluding hydrogens is 140 g/mol.